The van der Waals surface area contributed by atoms with E-state index in [4.69, 9.17) is 9.72 Å². The summed E-state index contributed by atoms with van der Waals surface area (Å²) >= 11 is 3.56. The number of ether oxygens (including phenoxy) is 1. The monoisotopic (exact) mass is 528 g/mol. The molecule has 2 heterocycles. The molecule has 8 heteroatoms. The first-order chi connectivity index (χ1) is 17.0. The number of benzene rings is 3. The lowest BCUT2D eigenvalue weighted by Gasteiger charge is -2.12. The van der Waals surface area contributed by atoms with Gasteiger partial charge in [0.15, 0.2) is 5.82 Å². The van der Waals surface area contributed by atoms with Gasteiger partial charge in [-0.15, -0.1) is 0 Å². The second-order valence-corrected chi connectivity index (χ2v) is 8.94. The van der Waals surface area contributed by atoms with E-state index in [-0.39, 0.29) is 12.4 Å². The minimum absolute atomic E-state index is 0.0373. The van der Waals surface area contributed by atoms with Crippen LogP contribution in [0, 0.1) is 17.0 Å². The maximum absolute atomic E-state index is 11.2. The van der Waals surface area contributed by atoms with E-state index < -0.39 is 4.92 Å². The molecule has 0 radical (unpaired) electrons. The second-order valence-electron chi connectivity index (χ2n) is 8.03. The van der Waals surface area contributed by atoms with E-state index in [1.165, 1.54) is 10.8 Å². The summed E-state index contributed by atoms with van der Waals surface area (Å²) < 4.78 is 8.36. The summed E-state index contributed by atoms with van der Waals surface area (Å²) in [5.74, 6) is 1.23. The Morgan fingerprint density at radius 1 is 1.00 bits per heavy atom. The summed E-state index contributed by atoms with van der Waals surface area (Å²) in [6.07, 6.45) is 1.27. The van der Waals surface area contributed by atoms with Crippen LogP contribution in [0.5, 0.6) is 5.75 Å². The first-order valence-electron chi connectivity index (χ1n) is 11.0. The normalized spacial score (nSPS) is 11.0. The van der Waals surface area contributed by atoms with Crippen LogP contribution in [0.1, 0.15) is 5.82 Å². The van der Waals surface area contributed by atoms with Gasteiger partial charge in [-0.3, -0.25) is 0 Å². The number of aromatic nitrogens is 3. The fraction of sp³-hybridized carbons (Fsp3) is 0.111. The molecular weight excluding hydrogens is 508 g/mol. The summed E-state index contributed by atoms with van der Waals surface area (Å²) in [5, 5.41) is 12.2. The Morgan fingerprint density at radius 3 is 2.51 bits per heavy atom. The van der Waals surface area contributed by atoms with Gasteiger partial charge in [-0.05, 0) is 58.5 Å². The van der Waals surface area contributed by atoms with Gasteiger partial charge in [0.2, 0.25) is 0 Å². The molecule has 0 bridgehead atoms. The van der Waals surface area contributed by atoms with Gasteiger partial charge < -0.3 is 14.9 Å². The molecule has 0 saturated carbocycles. The Hall–Kier alpha value is -4.04. The van der Waals surface area contributed by atoms with Crippen molar-refractivity contribution in [3.8, 4) is 28.1 Å². The molecule has 0 N–H and O–H groups in total. The quantitative estimate of drug-likeness (QED) is 0.171. The number of imidazole rings is 1. The minimum atomic E-state index is -0.437. The Balaban J connectivity index is 1.39. The van der Waals surface area contributed by atoms with Gasteiger partial charge >= 0.3 is 5.82 Å². The third kappa shape index (κ3) is 4.79. The molecule has 0 unspecified atom stereocenters. The Morgan fingerprint density at radius 2 is 1.77 bits per heavy atom. The van der Waals surface area contributed by atoms with Crippen LogP contribution < -0.4 is 4.74 Å². The zero-order valence-electron chi connectivity index (χ0n) is 18.9. The Kier molecular flexibility index (Phi) is 6.29. The number of rotatable bonds is 7. The van der Waals surface area contributed by atoms with Crippen LogP contribution in [0.2, 0.25) is 0 Å². The standard InChI is InChI=1S/C27H21BrN4O3/c1-18-29-17-27(32(33)34)31(18)13-14-35-22-10-7-20(8-11-22)25-16-24(19-5-3-2-4-6-19)23-12-9-21(28)15-26(23)30-25/h2-12,15-17H,13-14H2,1H3. The van der Waals surface area contributed by atoms with Gasteiger partial charge in [0.25, 0.3) is 0 Å². The van der Waals surface area contributed by atoms with Crippen LogP contribution in [-0.4, -0.2) is 26.1 Å². The van der Waals surface area contributed by atoms with Crippen LogP contribution in [0.25, 0.3) is 33.3 Å². The number of aryl methyl sites for hydroxylation is 1. The highest BCUT2D eigenvalue weighted by molar-refractivity contribution is 9.10. The van der Waals surface area contributed by atoms with Crippen molar-refractivity contribution in [2.24, 2.45) is 0 Å². The maximum atomic E-state index is 11.2. The van der Waals surface area contributed by atoms with Crippen LogP contribution in [-0.2, 0) is 6.54 Å². The fourth-order valence-electron chi connectivity index (χ4n) is 4.06. The number of halogens is 1. The topological polar surface area (TPSA) is 83.1 Å². The van der Waals surface area contributed by atoms with Crippen LogP contribution in [0.15, 0.2) is 89.5 Å². The number of nitrogens with zero attached hydrogens (tertiary/aromatic N) is 4. The van der Waals surface area contributed by atoms with Crippen molar-refractivity contribution in [3.63, 3.8) is 0 Å². The van der Waals surface area contributed by atoms with Crippen molar-refractivity contribution in [1.82, 2.24) is 14.5 Å². The van der Waals surface area contributed by atoms with Crippen LogP contribution >= 0.6 is 15.9 Å². The fourth-order valence-corrected chi connectivity index (χ4v) is 4.41. The van der Waals surface area contributed by atoms with E-state index >= 15 is 0 Å². The number of fused-ring (bicyclic) bond motifs is 1. The third-order valence-electron chi connectivity index (χ3n) is 5.81. The molecule has 2 aromatic heterocycles. The molecule has 0 aliphatic carbocycles. The molecule has 5 aromatic rings. The molecule has 0 saturated heterocycles. The van der Waals surface area contributed by atoms with Crippen molar-refractivity contribution in [2.45, 2.75) is 13.5 Å². The highest BCUT2D eigenvalue weighted by Crippen LogP contribution is 2.33. The molecule has 0 amide bonds. The predicted molar refractivity (Wildman–Crippen MR) is 139 cm³/mol. The summed E-state index contributed by atoms with van der Waals surface area (Å²) in [6, 6.07) is 26.3. The Bertz CT molecular complexity index is 1520. The molecule has 0 spiro atoms. The molecule has 7 nitrogen and oxygen atoms in total. The summed E-state index contributed by atoms with van der Waals surface area (Å²) in [5.41, 5.74) is 5.00. The lowest BCUT2D eigenvalue weighted by atomic mass is 9.98. The van der Waals surface area contributed by atoms with Gasteiger partial charge in [0.05, 0.1) is 11.2 Å². The van der Waals surface area contributed by atoms with Crippen molar-refractivity contribution >= 4 is 32.7 Å². The average Bonchev–Trinajstić information content (AvgIpc) is 3.24. The molecule has 0 atom stereocenters. The predicted octanol–water partition coefficient (Wildman–Crippen LogP) is 6.82. The largest absolute Gasteiger partial charge is 0.489 e. The first kappa shape index (κ1) is 22.7. The number of pyridine rings is 1. The maximum Gasteiger partial charge on any atom is 0.342 e. The number of hydrogen-bond acceptors (Lipinski definition) is 5. The van der Waals surface area contributed by atoms with E-state index in [0.29, 0.717) is 18.1 Å². The van der Waals surface area contributed by atoms with Crippen molar-refractivity contribution < 1.29 is 9.66 Å². The van der Waals surface area contributed by atoms with E-state index in [9.17, 15) is 10.1 Å². The molecular formula is C27H21BrN4O3. The highest BCUT2D eigenvalue weighted by Gasteiger charge is 2.17. The Labute approximate surface area is 210 Å². The molecule has 0 fully saturated rings. The van der Waals surface area contributed by atoms with E-state index in [1.54, 1.807) is 6.92 Å². The van der Waals surface area contributed by atoms with Gasteiger partial charge in [-0.1, -0.05) is 52.3 Å². The SMILES string of the molecule is Cc1ncc([N+](=O)[O-])n1CCOc1ccc(-c2cc(-c3ccccc3)c3ccc(Br)cc3n2)cc1. The zero-order chi connectivity index (χ0) is 24.4. The van der Waals surface area contributed by atoms with Crippen molar-refractivity contribution in [1.29, 1.82) is 0 Å². The minimum Gasteiger partial charge on any atom is -0.489 e. The van der Waals surface area contributed by atoms with Gasteiger partial charge in [-0.25, -0.2) is 14.5 Å². The van der Waals surface area contributed by atoms with Crippen molar-refractivity contribution in [2.75, 3.05) is 6.61 Å². The number of nitro groups is 1. The highest BCUT2D eigenvalue weighted by atomic mass is 79.9. The summed E-state index contributed by atoms with van der Waals surface area (Å²) in [4.78, 5) is 19.6. The lowest BCUT2D eigenvalue weighted by Crippen LogP contribution is -2.11. The van der Waals surface area contributed by atoms with Gasteiger partial charge in [0.1, 0.15) is 25.1 Å². The second kappa shape index (κ2) is 9.68. The van der Waals surface area contributed by atoms with Crippen molar-refractivity contribution in [3.05, 3.63) is 105 Å². The van der Waals surface area contributed by atoms with E-state index in [2.05, 4.69) is 45.2 Å². The molecule has 35 heavy (non-hydrogen) atoms. The lowest BCUT2D eigenvalue weighted by molar-refractivity contribution is -0.392. The van der Waals surface area contributed by atoms with Crippen LogP contribution in [0.3, 0.4) is 0 Å². The van der Waals surface area contributed by atoms with Gasteiger partial charge in [-0.2, -0.15) is 0 Å². The molecule has 3 aromatic carbocycles. The molecule has 5 rings (SSSR count). The summed E-state index contributed by atoms with van der Waals surface area (Å²) in [7, 11) is 0. The summed E-state index contributed by atoms with van der Waals surface area (Å²) in [6.45, 7) is 2.36. The van der Waals surface area contributed by atoms with Gasteiger partial charge in [0, 0.05) is 22.3 Å². The average molecular weight is 529 g/mol. The number of hydrogen-bond donors (Lipinski definition) is 0. The first-order valence-corrected chi connectivity index (χ1v) is 11.8. The molecule has 0 aliphatic heterocycles. The molecule has 174 valence electrons. The van der Waals surface area contributed by atoms with E-state index in [1.807, 2.05) is 54.6 Å². The molecule has 0 aliphatic rings. The third-order valence-corrected chi connectivity index (χ3v) is 6.30. The van der Waals surface area contributed by atoms with E-state index in [0.717, 1.165) is 37.8 Å². The zero-order valence-corrected chi connectivity index (χ0v) is 20.5. The van der Waals surface area contributed by atoms with Crippen LogP contribution in [0.4, 0.5) is 5.82 Å². The smallest absolute Gasteiger partial charge is 0.342 e.